The summed E-state index contributed by atoms with van der Waals surface area (Å²) in [7, 11) is 0. The Bertz CT molecular complexity index is 671. The van der Waals surface area contributed by atoms with Crippen molar-refractivity contribution in [3.05, 3.63) is 54.3 Å². The van der Waals surface area contributed by atoms with Crippen molar-refractivity contribution in [2.75, 3.05) is 17.2 Å². The Labute approximate surface area is 127 Å². The smallest absolute Gasteiger partial charge is 0.262 e. The molecule has 0 radical (unpaired) electrons. The normalized spacial score (nSPS) is 9.91. The van der Waals surface area contributed by atoms with Crippen LogP contribution in [0.3, 0.4) is 0 Å². The van der Waals surface area contributed by atoms with Gasteiger partial charge in [-0.25, -0.2) is 4.39 Å². The van der Waals surface area contributed by atoms with Gasteiger partial charge in [0.2, 0.25) is 5.91 Å². The minimum Gasteiger partial charge on any atom is -0.484 e. The van der Waals surface area contributed by atoms with E-state index in [1.165, 1.54) is 25.1 Å². The number of carbonyl (C=O) groups is 2. The third-order valence-corrected chi connectivity index (χ3v) is 2.66. The van der Waals surface area contributed by atoms with Gasteiger partial charge in [0.1, 0.15) is 11.6 Å². The zero-order valence-electron chi connectivity index (χ0n) is 11.9. The van der Waals surface area contributed by atoms with Crippen LogP contribution in [0.5, 0.6) is 5.75 Å². The second-order valence-electron chi connectivity index (χ2n) is 4.55. The molecule has 22 heavy (non-hydrogen) atoms. The molecule has 0 fully saturated rings. The van der Waals surface area contributed by atoms with Crippen molar-refractivity contribution in [1.82, 2.24) is 0 Å². The fourth-order valence-corrected chi connectivity index (χ4v) is 1.74. The molecule has 0 spiro atoms. The van der Waals surface area contributed by atoms with Gasteiger partial charge in [-0.1, -0.05) is 6.07 Å². The number of ether oxygens (including phenoxy) is 1. The Morgan fingerprint density at radius 2 is 1.68 bits per heavy atom. The Hall–Kier alpha value is -2.89. The van der Waals surface area contributed by atoms with Crippen molar-refractivity contribution in [2.24, 2.45) is 0 Å². The molecule has 0 atom stereocenters. The van der Waals surface area contributed by atoms with Gasteiger partial charge in [0, 0.05) is 24.4 Å². The van der Waals surface area contributed by atoms with E-state index in [2.05, 4.69) is 10.6 Å². The first kappa shape index (κ1) is 15.5. The van der Waals surface area contributed by atoms with Crippen molar-refractivity contribution < 1.29 is 18.7 Å². The summed E-state index contributed by atoms with van der Waals surface area (Å²) in [6.45, 7) is 1.19. The first-order chi connectivity index (χ1) is 10.5. The van der Waals surface area contributed by atoms with Crippen molar-refractivity contribution in [2.45, 2.75) is 6.92 Å². The lowest BCUT2D eigenvalue weighted by atomic mass is 10.2. The fourth-order valence-electron chi connectivity index (χ4n) is 1.74. The van der Waals surface area contributed by atoms with Crippen LogP contribution in [0.15, 0.2) is 48.5 Å². The summed E-state index contributed by atoms with van der Waals surface area (Å²) in [5, 5.41) is 5.26. The Morgan fingerprint density at radius 3 is 2.27 bits per heavy atom. The third-order valence-electron chi connectivity index (χ3n) is 2.66. The molecule has 2 amide bonds. The van der Waals surface area contributed by atoms with E-state index in [-0.39, 0.29) is 24.2 Å². The van der Waals surface area contributed by atoms with E-state index < -0.39 is 5.82 Å². The molecule has 2 aromatic carbocycles. The van der Waals surface area contributed by atoms with Crippen LogP contribution in [-0.2, 0) is 9.59 Å². The van der Waals surface area contributed by atoms with Gasteiger partial charge in [0.05, 0.1) is 0 Å². The van der Waals surface area contributed by atoms with Gasteiger partial charge >= 0.3 is 0 Å². The van der Waals surface area contributed by atoms with Gasteiger partial charge in [-0.15, -0.1) is 0 Å². The van der Waals surface area contributed by atoms with Crippen LogP contribution in [0, 0.1) is 5.82 Å². The third kappa shape index (κ3) is 4.90. The van der Waals surface area contributed by atoms with Crippen LogP contribution >= 0.6 is 0 Å². The van der Waals surface area contributed by atoms with Crippen molar-refractivity contribution in [3.63, 3.8) is 0 Å². The monoisotopic (exact) mass is 302 g/mol. The molecule has 0 bridgehead atoms. The maximum absolute atomic E-state index is 13.0. The molecule has 2 aromatic rings. The SMILES string of the molecule is CC(=O)Nc1ccc(NC(=O)COc2cccc(F)c2)cc1. The topological polar surface area (TPSA) is 67.4 Å². The van der Waals surface area contributed by atoms with Crippen LogP contribution in [0.1, 0.15) is 6.92 Å². The summed E-state index contributed by atoms with van der Waals surface area (Å²) >= 11 is 0. The summed E-state index contributed by atoms with van der Waals surface area (Å²) in [6, 6.07) is 12.2. The molecule has 0 aliphatic carbocycles. The molecule has 0 aromatic heterocycles. The number of hydrogen-bond donors (Lipinski definition) is 2. The second kappa shape index (κ2) is 7.21. The Kier molecular flexibility index (Phi) is 5.08. The quantitative estimate of drug-likeness (QED) is 0.892. The summed E-state index contributed by atoms with van der Waals surface area (Å²) in [4.78, 5) is 22.6. The molecule has 0 aliphatic heterocycles. The van der Waals surface area contributed by atoms with E-state index in [0.717, 1.165) is 0 Å². The number of hydrogen-bond acceptors (Lipinski definition) is 3. The molecule has 0 unspecified atom stereocenters. The fraction of sp³-hybridized carbons (Fsp3) is 0.125. The lowest BCUT2D eigenvalue weighted by Crippen LogP contribution is -2.20. The number of halogens is 1. The molecule has 2 N–H and O–H groups in total. The zero-order valence-corrected chi connectivity index (χ0v) is 11.9. The molecule has 2 rings (SSSR count). The number of nitrogens with one attached hydrogen (secondary N) is 2. The largest absolute Gasteiger partial charge is 0.484 e. The number of anilines is 2. The lowest BCUT2D eigenvalue weighted by molar-refractivity contribution is -0.118. The maximum atomic E-state index is 13.0. The Morgan fingerprint density at radius 1 is 1.05 bits per heavy atom. The van der Waals surface area contributed by atoms with Crippen LogP contribution < -0.4 is 15.4 Å². The highest BCUT2D eigenvalue weighted by atomic mass is 19.1. The maximum Gasteiger partial charge on any atom is 0.262 e. The minimum absolute atomic E-state index is 0.166. The highest BCUT2D eigenvalue weighted by molar-refractivity contribution is 5.93. The van der Waals surface area contributed by atoms with Crippen molar-refractivity contribution in [1.29, 1.82) is 0 Å². The first-order valence-electron chi connectivity index (χ1n) is 6.59. The molecule has 0 saturated carbocycles. The molecular formula is C16H15FN2O3. The number of rotatable bonds is 5. The van der Waals surface area contributed by atoms with Crippen LogP contribution in [0.25, 0.3) is 0 Å². The number of carbonyl (C=O) groups excluding carboxylic acids is 2. The predicted molar refractivity (Wildman–Crippen MR) is 81.3 cm³/mol. The highest BCUT2D eigenvalue weighted by Crippen LogP contribution is 2.14. The molecule has 0 heterocycles. The average molecular weight is 302 g/mol. The average Bonchev–Trinajstić information content (AvgIpc) is 2.47. The summed E-state index contributed by atoms with van der Waals surface area (Å²) < 4.78 is 18.1. The van der Waals surface area contributed by atoms with E-state index in [4.69, 9.17) is 4.74 Å². The van der Waals surface area contributed by atoms with Crippen molar-refractivity contribution >= 4 is 23.2 Å². The molecule has 5 nitrogen and oxygen atoms in total. The molecule has 114 valence electrons. The van der Waals surface area contributed by atoms with E-state index in [1.807, 2.05) is 0 Å². The van der Waals surface area contributed by atoms with Gasteiger partial charge < -0.3 is 15.4 Å². The molecule has 6 heteroatoms. The van der Waals surface area contributed by atoms with E-state index in [1.54, 1.807) is 30.3 Å². The molecule has 0 aliphatic rings. The van der Waals surface area contributed by atoms with E-state index in [9.17, 15) is 14.0 Å². The minimum atomic E-state index is -0.425. The zero-order chi connectivity index (χ0) is 15.9. The van der Waals surface area contributed by atoms with Gasteiger partial charge in [-0.05, 0) is 36.4 Å². The van der Waals surface area contributed by atoms with Crippen molar-refractivity contribution in [3.8, 4) is 5.75 Å². The predicted octanol–water partition coefficient (Wildman–Crippen LogP) is 2.80. The highest BCUT2D eigenvalue weighted by Gasteiger charge is 2.05. The first-order valence-corrected chi connectivity index (χ1v) is 6.59. The summed E-state index contributed by atoms with van der Waals surface area (Å²) in [5.74, 6) is -0.667. The van der Waals surface area contributed by atoms with Gasteiger partial charge in [0.15, 0.2) is 6.61 Å². The van der Waals surface area contributed by atoms with Crippen LogP contribution in [0.2, 0.25) is 0 Å². The standard InChI is InChI=1S/C16H15FN2O3/c1-11(20)18-13-5-7-14(8-6-13)19-16(21)10-22-15-4-2-3-12(17)9-15/h2-9H,10H2,1H3,(H,18,20)(H,19,21). The second-order valence-corrected chi connectivity index (χ2v) is 4.55. The lowest BCUT2D eigenvalue weighted by Gasteiger charge is -2.08. The van der Waals surface area contributed by atoms with Gasteiger partial charge in [0.25, 0.3) is 5.91 Å². The number of amides is 2. The van der Waals surface area contributed by atoms with E-state index >= 15 is 0 Å². The molecular weight excluding hydrogens is 287 g/mol. The summed E-state index contributed by atoms with van der Waals surface area (Å²) in [5.41, 5.74) is 1.21. The Balaban J connectivity index is 1.85. The van der Waals surface area contributed by atoms with Crippen LogP contribution in [-0.4, -0.2) is 18.4 Å². The molecule has 0 saturated heterocycles. The van der Waals surface area contributed by atoms with Crippen LogP contribution in [0.4, 0.5) is 15.8 Å². The van der Waals surface area contributed by atoms with Gasteiger partial charge in [-0.3, -0.25) is 9.59 Å². The number of benzene rings is 2. The van der Waals surface area contributed by atoms with E-state index in [0.29, 0.717) is 11.4 Å². The summed E-state index contributed by atoms with van der Waals surface area (Å²) in [6.07, 6.45) is 0. The van der Waals surface area contributed by atoms with Gasteiger partial charge in [-0.2, -0.15) is 0 Å².